The summed E-state index contributed by atoms with van der Waals surface area (Å²) in [4.78, 5) is 18.0. The predicted molar refractivity (Wildman–Crippen MR) is 120 cm³/mol. The van der Waals surface area contributed by atoms with E-state index in [4.69, 9.17) is 0 Å². The van der Waals surface area contributed by atoms with Crippen LogP contribution in [0.4, 0.5) is 4.39 Å². The summed E-state index contributed by atoms with van der Waals surface area (Å²) in [6, 6.07) is 19.6. The molecule has 1 heterocycles. The first-order chi connectivity index (χ1) is 13.5. The number of aromatic nitrogens is 2. The van der Waals surface area contributed by atoms with Crippen molar-refractivity contribution < 1.29 is 4.39 Å². The van der Waals surface area contributed by atoms with E-state index in [1.165, 1.54) is 6.07 Å². The third kappa shape index (κ3) is 3.49. The van der Waals surface area contributed by atoms with Crippen molar-refractivity contribution >= 4 is 45.6 Å². The van der Waals surface area contributed by atoms with Crippen molar-refractivity contribution in [1.82, 2.24) is 9.55 Å². The average Bonchev–Trinajstić information content (AvgIpc) is 2.68. The number of rotatable bonds is 3. The SMILES string of the molecule is Cc1cc(I)ccc1-n1c(/C=C\c2ccccc2F)nc2ccccc2c1=O. The average molecular weight is 482 g/mol. The summed E-state index contributed by atoms with van der Waals surface area (Å²) < 4.78 is 16.7. The molecule has 0 aliphatic carbocycles. The first-order valence-electron chi connectivity index (χ1n) is 8.75. The van der Waals surface area contributed by atoms with Gasteiger partial charge in [0.1, 0.15) is 11.6 Å². The van der Waals surface area contributed by atoms with Crippen molar-refractivity contribution in [3.05, 3.63) is 103 Å². The molecule has 0 saturated carbocycles. The molecule has 138 valence electrons. The van der Waals surface area contributed by atoms with Gasteiger partial charge >= 0.3 is 0 Å². The molecule has 28 heavy (non-hydrogen) atoms. The fourth-order valence-electron chi connectivity index (χ4n) is 3.14. The molecule has 3 aromatic carbocycles. The molecule has 0 atom stereocenters. The van der Waals surface area contributed by atoms with Crippen LogP contribution in [0.3, 0.4) is 0 Å². The quantitative estimate of drug-likeness (QED) is 0.356. The molecule has 5 heteroatoms. The number of hydrogen-bond acceptors (Lipinski definition) is 2. The van der Waals surface area contributed by atoms with E-state index in [0.717, 1.165) is 14.8 Å². The summed E-state index contributed by atoms with van der Waals surface area (Å²) in [6.07, 6.45) is 3.33. The van der Waals surface area contributed by atoms with E-state index in [2.05, 4.69) is 27.6 Å². The second kappa shape index (κ2) is 7.67. The Kier molecular flexibility index (Phi) is 5.09. The Morgan fingerprint density at radius 2 is 1.75 bits per heavy atom. The van der Waals surface area contributed by atoms with Gasteiger partial charge < -0.3 is 0 Å². The second-order valence-corrected chi connectivity index (χ2v) is 7.66. The van der Waals surface area contributed by atoms with E-state index in [1.807, 2.05) is 43.3 Å². The topological polar surface area (TPSA) is 34.9 Å². The minimum atomic E-state index is -0.320. The molecule has 0 fully saturated rings. The summed E-state index contributed by atoms with van der Waals surface area (Å²) in [5.41, 5.74) is 2.63. The van der Waals surface area contributed by atoms with Crippen molar-refractivity contribution in [1.29, 1.82) is 0 Å². The first kappa shape index (κ1) is 18.6. The van der Waals surface area contributed by atoms with Crippen LogP contribution in [0.25, 0.3) is 28.7 Å². The maximum absolute atomic E-state index is 14.0. The Bertz CT molecular complexity index is 1280. The third-order valence-corrected chi connectivity index (χ3v) is 5.19. The predicted octanol–water partition coefficient (Wildman–Crippen LogP) is 5.61. The Balaban J connectivity index is 1.99. The van der Waals surface area contributed by atoms with E-state index >= 15 is 0 Å². The highest BCUT2D eigenvalue weighted by molar-refractivity contribution is 14.1. The molecule has 0 amide bonds. The lowest BCUT2D eigenvalue weighted by Gasteiger charge is -2.14. The van der Waals surface area contributed by atoms with E-state index in [0.29, 0.717) is 22.3 Å². The standard InChI is InChI=1S/C23H16FIN2O/c1-15-14-17(25)11-12-21(15)27-22(13-10-16-6-2-4-8-19(16)24)26-20-9-5-3-7-18(20)23(27)28/h2-14H,1H3/b13-10-. The summed E-state index contributed by atoms with van der Waals surface area (Å²) in [5.74, 6) is 0.134. The fraction of sp³-hybridized carbons (Fsp3) is 0.0435. The first-order valence-corrected chi connectivity index (χ1v) is 9.83. The van der Waals surface area contributed by atoms with Crippen LogP contribution in [0.15, 0.2) is 71.5 Å². The van der Waals surface area contributed by atoms with Crippen molar-refractivity contribution in [2.75, 3.05) is 0 Å². The zero-order valence-electron chi connectivity index (χ0n) is 15.1. The number of hydrogen-bond donors (Lipinski definition) is 0. The monoisotopic (exact) mass is 482 g/mol. The minimum absolute atomic E-state index is 0.150. The zero-order valence-corrected chi connectivity index (χ0v) is 17.2. The second-order valence-electron chi connectivity index (χ2n) is 6.41. The van der Waals surface area contributed by atoms with Gasteiger partial charge in [-0.25, -0.2) is 9.37 Å². The number of benzene rings is 3. The summed E-state index contributed by atoms with van der Waals surface area (Å²) >= 11 is 2.24. The lowest BCUT2D eigenvalue weighted by atomic mass is 10.1. The molecule has 4 aromatic rings. The molecular weight excluding hydrogens is 466 g/mol. The van der Waals surface area contributed by atoms with Crippen LogP contribution in [0, 0.1) is 16.3 Å². The van der Waals surface area contributed by atoms with Crippen LogP contribution in [0.5, 0.6) is 0 Å². The van der Waals surface area contributed by atoms with Crippen LogP contribution >= 0.6 is 22.6 Å². The van der Waals surface area contributed by atoms with Gasteiger partial charge in [-0.05, 0) is 83.6 Å². The lowest BCUT2D eigenvalue weighted by Crippen LogP contribution is -2.23. The highest BCUT2D eigenvalue weighted by Gasteiger charge is 2.13. The number of fused-ring (bicyclic) bond motifs is 1. The Hall–Kier alpha value is -2.80. The van der Waals surface area contributed by atoms with Gasteiger partial charge in [0.05, 0.1) is 16.6 Å². The molecule has 0 radical (unpaired) electrons. The number of aryl methyl sites for hydroxylation is 1. The fourth-order valence-corrected chi connectivity index (χ4v) is 3.79. The molecule has 0 unspecified atom stereocenters. The molecule has 1 aromatic heterocycles. The molecule has 0 spiro atoms. The molecule has 0 aliphatic heterocycles. The van der Waals surface area contributed by atoms with Crippen LogP contribution < -0.4 is 5.56 Å². The van der Waals surface area contributed by atoms with E-state index < -0.39 is 0 Å². The molecule has 0 N–H and O–H groups in total. The van der Waals surface area contributed by atoms with E-state index in [1.54, 1.807) is 41.0 Å². The molecular formula is C23H16FIN2O. The van der Waals surface area contributed by atoms with Gasteiger partial charge in [-0.2, -0.15) is 0 Å². The highest BCUT2D eigenvalue weighted by Crippen LogP contribution is 2.20. The van der Waals surface area contributed by atoms with E-state index in [9.17, 15) is 9.18 Å². The van der Waals surface area contributed by atoms with Crippen molar-refractivity contribution in [3.63, 3.8) is 0 Å². The van der Waals surface area contributed by atoms with E-state index in [-0.39, 0.29) is 11.4 Å². The highest BCUT2D eigenvalue weighted by atomic mass is 127. The number of halogens is 2. The van der Waals surface area contributed by atoms with Crippen LogP contribution in [-0.4, -0.2) is 9.55 Å². The third-order valence-electron chi connectivity index (χ3n) is 4.52. The van der Waals surface area contributed by atoms with Crippen LogP contribution in [0.1, 0.15) is 17.0 Å². The maximum Gasteiger partial charge on any atom is 0.266 e. The summed E-state index contributed by atoms with van der Waals surface area (Å²) in [6.45, 7) is 1.96. The molecule has 4 rings (SSSR count). The van der Waals surface area contributed by atoms with Gasteiger partial charge in [-0.1, -0.05) is 30.3 Å². The van der Waals surface area contributed by atoms with Crippen molar-refractivity contribution in [3.8, 4) is 5.69 Å². The normalized spacial score (nSPS) is 11.4. The molecule has 3 nitrogen and oxygen atoms in total. The number of para-hydroxylation sites is 1. The van der Waals surface area contributed by atoms with Gasteiger partial charge in [-0.15, -0.1) is 0 Å². The van der Waals surface area contributed by atoms with Gasteiger partial charge in [0, 0.05) is 9.13 Å². The zero-order chi connectivity index (χ0) is 19.7. The van der Waals surface area contributed by atoms with Gasteiger partial charge in [-0.3, -0.25) is 9.36 Å². The largest absolute Gasteiger partial charge is 0.268 e. The summed E-state index contributed by atoms with van der Waals surface area (Å²) in [7, 11) is 0. The Morgan fingerprint density at radius 1 is 1.00 bits per heavy atom. The molecule has 0 bridgehead atoms. The molecule has 0 saturated heterocycles. The lowest BCUT2D eigenvalue weighted by molar-refractivity contribution is 0.625. The van der Waals surface area contributed by atoms with Crippen LogP contribution in [-0.2, 0) is 0 Å². The Morgan fingerprint density at radius 3 is 2.54 bits per heavy atom. The summed E-state index contributed by atoms with van der Waals surface area (Å²) in [5, 5.41) is 0.545. The maximum atomic E-state index is 14.0. The van der Waals surface area contributed by atoms with Gasteiger partial charge in [0.15, 0.2) is 0 Å². The van der Waals surface area contributed by atoms with Crippen molar-refractivity contribution in [2.24, 2.45) is 0 Å². The van der Waals surface area contributed by atoms with Crippen LogP contribution in [0.2, 0.25) is 0 Å². The van der Waals surface area contributed by atoms with Gasteiger partial charge in [0.25, 0.3) is 5.56 Å². The molecule has 0 aliphatic rings. The van der Waals surface area contributed by atoms with Gasteiger partial charge in [0.2, 0.25) is 0 Å². The number of nitrogens with zero attached hydrogens (tertiary/aromatic N) is 2. The minimum Gasteiger partial charge on any atom is -0.268 e. The Labute approximate surface area is 175 Å². The smallest absolute Gasteiger partial charge is 0.266 e. The van der Waals surface area contributed by atoms with Crippen molar-refractivity contribution in [2.45, 2.75) is 6.92 Å².